The molecule has 8 nitrogen and oxygen atoms in total. The van der Waals surface area contributed by atoms with Gasteiger partial charge in [0.1, 0.15) is 0 Å². The van der Waals surface area contributed by atoms with Crippen LogP contribution in [0, 0.1) is 0 Å². The van der Waals surface area contributed by atoms with E-state index in [-0.39, 0.29) is 31.7 Å². The van der Waals surface area contributed by atoms with Gasteiger partial charge in [-0.25, -0.2) is 4.79 Å². The van der Waals surface area contributed by atoms with Crippen LogP contribution in [0.3, 0.4) is 0 Å². The lowest BCUT2D eigenvalue weighted by Gasteiger charge is -2.03. The van der Waals surface area contributed by atoms with E-state index in [0.29, 0.717) is 5.56 Å². The van der Waals surface area contributed by atoms with Crippen LogP contribution in [0.15, 0.2) is 15.8 Å². The molecule has 0 fully saturated rings. The average Bonchev–Trinajstić information content (AvgIpc) is 2.27. The molecule has 5 N–H and O–H groups in total. The van der Waals surface area contributed by atoms with Gasteiger partial charge in [0.15, 0.2) is 0 Å². The van der Waals surface area contributed by atoms with E-state index in [1.54, 1.807) is 0 Å². The van der Waals surface area contributed by atoms with Crippen LogP contribution >= 0.6 is 0 Å². The van der Waals surface area contributed by atoms with Crippen LogP contribution in [0.1, 0.15) is 18.4 Å². The number of nitrogens with one attached hydrogen (secondary N) is 3. The Morgan fingerprint density at radius 2 is 2.00 bits per heavy atom. The molecule has 18 heavy (non-hydrogen) atoms. The van der Waals surface area contributed by atoms with Gasteiger partial charge in [-0.2, -0.15) is 0 Å². The fraction of sp³-hybridized carbons (Fsp3) is 0.400. The summed E-state index contributed by atoms with van der Waals surface area (Å²) in [5, 5.41) is 2.49. The normalized spacial score (nSPS) is 10.0. The van der Waals surface area contributed by atoms with Crippen molar-refractivity contribution in [3.8, 4) is 0 Å². The Morgan fingerprint density at radius 3 is 2.61 bits per heavy atom. The molecule has 0 aromatic carbocycles. The topological polar surface area (TPSA) is 138 Å². The van der Waals surface area contributed by atoms with E-state index in [9.17, 15) is 19.2 Å². The van der Waals surface area contributed by atoms with Gasteiger partial charge in [-0.1, -0.05) is 0 Å². The van der Waals surface area contributed by atoms with Crippen LogP contribution in [0.5, 0.6) is 0 Å². The SMILES string of the molecule is NC(=O)CCNC(=O)CCc1c[nH]c(=O)[nH]c1=O. The van der Waals surface area contributed by atoms with Gasteiger partial charge >= 0.3 is 5.69 Å². The zero-order valence-corrected chi connectivity index (χ0v) is 9.62. The van der Waals surface area contributed by atoms with Gasteiger partial charge in [-0.3, -0.25) is 19.4 Å². The molecule has 1 heterocycles. The van der Waals surface area contributed by atoms with Crippen molar-refractivity contribution in [3.63, 3.8) is 0 Å². The molecule has 0 saturated carbocycles. The van der Waals surface area contributed by atoms with Gasteiger partial charge in [0, 0.05) is 31.1 Å². The lowest BCUT2D eigenvalue weighted by molar-refractivity contribution is -0.121. The minimum Gasteiger partial charge on any atom is -0.370 e. The first-order chi connectivity index (χ1) is 8.49. The van der Waals surface area contributed by atoms with E-state index in [4.69, 9.17) is 5.73 Å². The second-order valence-corrected chi connectivity index (χ2v) is 3.66. The molecule has 0 spiro atoms. The number of H-pyrrole nitrogens is 2. The minimum absolute atomic E-state index is 0.0744. The molecule has 0 bridgehead atoms. The first-order valence-corrected chi connectivity index (χ1v) is 5.35. The highest BCUT2D eigenvalue weighted by Gasteiger charge is 2.05. The molecule has 0 aliphatic carbocycles. The number of primary amides is 1. The first kappa shape index (κ1) is 13.7. The lowest BCUT2D eigenvalue weighted by Crippen LogP contribution is -2.29. The number of hydrogen-bond donors (Lipinski definition) is 4. The van der Waals surface area contributed by atoms with Crippen LogP contribution in [0.4, 0.5) is 0 Å². The lowest BCUT2D eigenvalue weighted by atomic mass is 10.2. The highest BCUT2D eigenvalue weighted by atomic mass is 16.2. The Bertz CT molecular complexity index is 545. The largest absolute Gasteiger partial charge is 0.370 e. The van der Waals surface area contributed by atoms with Crippen molar-refractivity contribution < 1.29 is 9.59 Å². The summed E-state index contributed by atoms with van der Waals surface area (Å²) in [6, 6.07) is 0. The second-order valence-electron chi connectivity index (χ2n) is 3.66. The average molecular weight is 254 g/mol. The molecule has 0 aliphatic heterocycles. The summed E-state index contributed by atoms with van der Waals surface area (Å²) >= 11 is 0. The minimum atomic E-state index is -0.588. The van der Waals surface area contributed by atoms with Crippen LogP contribution < -0.4 is 22.3 Å². The quantitative estimate of drug-likeness (QED) is 0.465. The molecular formula is C10H14N4O4. The van der Waals surface area contributed by atoms with Gasteiger partial charge in [-0.15, -0.1) is 0 Å². The van der Waals surface area contributed by atoms with Crippen LogP contribution in [-0.4, -0.2) is 28.3 Å². The fourth-order valence-electron chi connectivity index (χ4n) is 1.29. The van der Waals surface area contributed by atoms with Crippen LogP contribution in [0.25, 0.3) is 0 Å². The Balaban J connectivity index is 2.40. The number of amides is 2. The van der Waals surface area contributed by atoms with Gasteiger partial charge in [-0.05, 0) is 6.42 Å². The molecule has 0 radical (unpaired) electrons. The standard InChI is InChI=1S/C10H14N4O4/c11-7(15)3-4-12-8(16)2-1-6-5-13-10(18)14-9(6)17/h5H,1-4H2,(H2,11,15)(H,12,16)(H2,13,14,17,18). The van der Waals surface area contributed by atoms with Crippen molar-refractivity contribution in [2.45, 2.75) is 19.3 Å². The number of aryl methyl sites for hydroxylation is 1. The fourth-order valence-corrected chi connectivity index (χ4v) is 1.29. The number of rotatable bonds is 6. The highest BCUT2D eigenvalue weighted by molar-refractivity contribution is 5.78. The summed E-state index contributed by atoms with van der Waals surface area (Å²) < 4.78 is 0. The predicted molar refractivity (Wildman–Crippen MR) is 62.8 cm³/mol. The van der Waals surface area contributed by atoms with Crippen LogP contribution in [0.2, 0.25) is 0 Å². The number of aromatic amines is 2. The zero-order valence-electron chi connectivity index (χ0n) is 9.62. The third-order valence-corrected chi connectivity index (χ3v) is 2.21. The summed E-state index contributed by atoms with van der Waals surface area (Å²) in [6.45, 7) is 0.177. The molecule has 1 aromatic rings. The number of carbonyl (C=O) groups excluding carboxylic acids is 2. The van der Waals surface area contributed by atoms with Crippen molar-refractivity contribution in [2.75, 3.05) is 6.54 Å². The summed E-state index contributed by atoms with van der Waals surface area (Å²) in [4.78, 5) is 48.2. The third-order valence-electron chi connectivity index (χ3n) is 2.21. The van der Waals surface area contributed by atoms with E-state index < -0.39 is 17.2 Å². The zero-order chi connectivity index (χ0) is 13.5. The Hall–Kier alpha value is -2.38. The Kier molecular flexibility index (Phi) is 4.85. The van der Waals surface area contributed by atoms with E-state index in [0.717, 1.165) is 0 Å². The third kappa shape index (κ3) is 4.64. The number of hydrogen-bond acceptors (Lipinski definition) is 4. The molecule has 0 unspecified atom stereocenters. The summed E-state index contributed by atoms with van der Waals surface area (Å²) in [5.41, 5.74) is 4.13. The smallest absolute Gasteiger partial charge is 0.325 e. The number of nitrogens with two attached hydrogens (primary N) is 1. The van der Waals surface area contributed by atoms with Gasteiger partial charge in [0.25, 0.3) is 5.56 Å². The summed E-state index contributed by atoms with van der Waals surface area (Å²) in [5.74, 6) is -0.783. The van der Waals surface area contributed by atoms with E-state index >= 15 is 0 Å². The predicted octanol–water partition coefficient (Wildman–Crippen LogP) is -2.01. The molecule has 98 valence electrons. The second kappa shape index (κ2) is 6.38. The van der Waals surface area contributed by atoms with E-state index in [1.807, 2.05) is 0 Å². The Morgan fingerprint density at radius 1 is 1.28 bits per heavy atom. The Labute approximate surface area is 102 Å². The molecule has 0 atom stereocenters. The van der Waals surface area contributed by atoms with Gasteiger partial charge in [0.2, 0.25) is 11.8 Å². The molecule has 0 aliphatic rings. The molecule has 1 rings (SSSR count). The van der Waals surface area contributed by atoms with Crippen molar-refractivity contribution in [1.82, 2.24) is 15.3 Å². The van der Waals surface area contributed by atoms with Crippen molar-refractivity contribution in [3.05, 3.63) is 32.6 Å². The monoisotopic (exact) mass is 254 g/mol. The maximum atomic E-state index is 11.3. The summed E-state index contributed by atoms with van der Waals surface area (Å²) in [6.07, 6.45) is 1.64. The van der Waals surface area contributed by atoms with Crippen molar-refractivity contribution >= 4 is 11.8 Å². The highest BCUT2D eigenvalue weighted by Crippen LogP contribution is 1.93. The van der Waals surface area contributed by atoms with E-state index in [2.05, 4.69) is 15.3 Å². The molecule has 1 aromatic heterocycles. The number of carbonyl (C=O) groups is 2. The molecule has 8 heteroatoms. The van der Waals surface area contributed by atoms with Crippen molar-refractivity contribution in [2.24, 2.45) is 5.73 Å². The van der Waals surface area contributed by atoms with Crippen molar-refractivity contribution in [1.29, 1.82) is 0 Å². The van der Waals surface area contributed by atoms with Gasteiger partial charge in [0.05, 0.1) is 0 Å². The molecule has 0 saturated heterocycles. The first-order valence-electron chi connectivity index (χ1n) is 5.35. The number of aromatic nitrogens is 2. The van der Waals surface area contributed by atoms with Crippen LogP contribution in [-0.2, 0) is 16.0 Å². The summed E-state index contributed by atoms with van der Waals surface area (Å²) in [7, 11) is 0. The van der Waals surface area contributed by atoms with Gasteiger partial charge < -0.3 is 16.0 Å². The van der Waals surface area contributed by atoms with E-state index in [1.165, 1.54) is 6.20 Å². The maximum Gasteiger partial charge on any atom is 0.325 e. The molecular weight excluding hydrogens is 240 g/mol. The maximum absolute atomic E-state index is 11.3. The molecule has 2 amide bonds.